The monoisotopic (exact) mass is 270 g/mol. The molecule has 0 spiro atoms. The summed E-state index contributed by atoms with van der Waals surface area (Å²) < 4.78 is 7.30. The molecule has 6 nitrogen and oxygen atoms in total. The Morgan fingerprint density at radius 3 is 2.90 bits per heavy atom. The zero-order valence-electron chi connectivity index (χ0n) is 11.2. The predicted octanol–water partition coefficient (Wildman–Crippen LogP) is 2.66. The van der Waals surface area contributed by atoms with E-state index >= 15 is 0 Å². The summed E-state index contributed by atoms with van der Waals surface area (Å²) in [7, 11) is 0. The first kappa shape index (κ1) is 12.4. The Morgan fingerprint density at radius 1 is 1.35 bits per heavy atom. The highest BCUT2D eigenvalue weighted by molar-refractivity contribution is 6.00. The molecule has 0 atom stereocenters. The number of rotatable bonds is 3. The van der Waals surface area contributed by atoms with Gasteiger partial charge in [0.05, 0.1) is 0 Å². The molecule has 20 heavy (non-hydrogen) atoms. The smallest absolute Gasteiger partial charge is 0.237 e. The van der Waals surface area contributed by atoms with Gasteiger partial charge in [-0.15, -0.1) is 0 Å². The molecule has 0 saturated carbocycles. The number of furan rings is 1. The fourth-order valence-electron chi connectivity index (χ4n) is 1.76. The Balaban J connectivity index is 2.06. The molecule has 0 fully saturated rings. The lowest BCUT2D eigenvalue weighted by molar-refractivity contribution is 0.0848. The topological polar surface area (TPSA) is 65.4 Å². The Morgan fingerprint density at radius 2 is 2.20 bits per heavy atom. The van der Waals surface area contributed by atoms with Gasteiger partial charge in [0.15, 0.2) is 5.76 Å². The number of benzene rings is 1. The molecule has 0 aliphatic carbocycles. The minimum absolute atomic E-state index is 0.0297. The van der Waals surface area contributed by atoms with Crippen molar-refractivity contribution in [2.75, 3.05) is 0 Å². The maximum atomic E-state index is 5.79. The molecule has 0 amide bonds. The van der Waals surface area contributed by atoms with Crippen molar-refractivity contribution in [3.05, 3.63) is 48.7 Å². The van der Waals surface area contributed by atoms with Gasteiger partial charge in [-0.2, -0.15) is 9.78 Å². The zero-order chi connectivity index (χ0) is 13.9. The van der Waals surface area contributed by atoms with Crippen molar-refractivity contribution in [2.45, 2.75) is 20.0 Å². The summed E-state index contributed by atoms with van der Waals surface area (Å²) in [6.07, 6.45) is 2.96. The van der Waals surface area contributed by atoms with Crippen LogP contribution in [0.2, 0.25) is 0 Å². The first-order chi connectivity index (χ1) is 9.74. The van der Waals surface area contributed by atoms with Gasteiger partial charge in [-0.25, -0.2) is 4.98 Å². The van der Waals surface area contributed by atoms with E-state index in [4.69, 9.17) is 9.25 Å². The molecule has 102 valence electrons. The Labute approximate surface area is 115 Å². The van der Waals surface area contributed by atoms with Crippen molar-refractivity contribution >= 4 is 16.8 Å². The average Bonchev–Trinajstić information content (AvgIpc) is 3.07. The van der Waals surface area contributed by atoms with Crippen LogP contribution in [-0.4, -0.2) is 26.7 Å². The molecule has 0 saturated heterocycles. The maximum absolute atomic E-state index is 5.79. The van der Waals surface area contributed by atoms with Crippen molar-refractivity contribution in [1.29, 1.82) is 0 Å². The lowest BCUT2D eigenvalue weighted by Crippen LogP contribution is -2.15. The fourth-order valence-corrected chi connectivity index (χ4v) is 1.76. The van der Waals surface area contributed by atoms with Crippen LogP contribution in [-0.2, 0) is 4.84 Å². The van der Waals surface area contributed by atoms with Crippen molar-refractivity contribution < 1.29 is 9.25 Å². The Kier molecular flexibility index (Phi) is 3.20. The Bertz CT molecular complexity index is 696. The maximum Gasteiger partial charge on any atom is 0.237 e. The van der Waals surface area contributed by atoms with Crippen LogP contribution < -0.4 is 0 Å². The van der Waals surface area contributed by atoms with Crippen molar-refractivity contribution in [3.8, 4) is 0 Å². The van der Waals surface area contributed by atoms with Crippen LogP contribution in [0.25, 0.3) is 11.0 Å². The normalized spacial score (nSPS) is 12.2. The third-order valence-corrected chi connectivity index (χ3v) is 2.63. The number of oxime groups is 1. The van der Waals surface area contributed by atoms with E-state index in [1.165, 1.54) is 11.0 Å². The molecule has 0 unspecified atom stereocenters. The van der Waals surface area contributed by atoms with Crippen LogP contribution in [0.5, 0.6) is 0 Å². The zero-order valence-corrected chi connectivity index (χ0v) is 11.2. The van der Waals surface area contributed by atoms with Crippen LogP contribution in [0, 0.1) is 0 Å². The van der Waals surface area contributed by atoms with E-state index in [1.807, 2.05) is 44.2 Å². The number of hydrogen-bond donors (Lipinski definition) is 0. The molecular formula is C14H14N4O2. The predicted molar refractivity (Wildman–Crippen MR) is 74.4 cm³/mol. The number of hydrogen-bond acceptors (Lipinski definition) is 5. The van der Waals surface area contributed by atoms with E-state index in [1.54, 1.807) is 6.33 Å². The standard InChI is InChI=1S/C14H14N4O2/c1-10(2)20-17-14(18-9-15-8-16-18)13-7-11-5-3-4-6-12(11)19-13/h3-10H,1-2H3. The van der Waals surface area contributed by atoms with Crippen LogP contribution in [0.4, 0.5) is 0 Å². The molecule has 0 N–H and O–H groups in total. The molecule has 3 rings (SSSR count). The minimum atomic E-state index is -0.0297. The Hall–Kier alpha value is -2.63. The minimum Gasteiger partial charge on any atom is -0.453 e. The van der Waals surface area contributed by atoms with Gasteiger partial charge in [0.1, 0.15) is 24.3 Å². The molecule has 0 aliphatic rings. The van der Waals surface area contributed by atoms with Crippen molar-refractivity contribution in [2.24, 2.45) is 5.16 Å². The fraction of sp³-hybridized carbons (Fsp3) is 0.214. The van der Waals surface area contributed by atoms with Crippen LogP contribution in [0.1, 0.15) is 19.6 Å². The third-order valence-electron chi connectivity index (χ3n) is 2.63. The summed E-state index contributed by atoms with van der Waals surface area (Å²) in [5.41, 5.74) is 0.792. The van der Waals surface area contributed by atoms with E-state index < -0.39 is 0 Å². The molecule has 2 heterocycles. The lowest BCUT2D eigenvalue weighted by atomic mass is 10.2. The second kappa shape index (κ2) is 5.16. The quantitative estimate of drug-likeness (QED) is 0.417. The summed E-state index contributed by atoms with van der Waals surface area (Å²) in [5, 5.41) is 9.19. The second-order valence-electron chi connectivity index (χ2n) is 4.56. The lowest BCUT2D eigenvalue weighted by Gasteiger charge is -2.05. The van der Waals surface area contributed by atoms with Crippen molar-refractivity contribution in [3.63, 3.8) is 0 Å². The molecule has 2 aromatic heterocycles. The van der Waals surface area contributed by atoms with Gasteiger partial charge in [-0.1, -0.05) is 23.4 Å². The third kappa shape index (κ3) is 2.40. The van der Waals surface area contributed by atoms with E-state index in [9.17, 15) is 0 Å². The van der Waals surface area contributed by atoms with Gasteiger partial charge in [0, 0.05) is 5.39 Å². The summed E-state index contributed by atoms with van der Waals surface area (Å²) in [6, 6.07) is 9.66. The number of nitrogens with zero attached hydrogens (tertiary/aromatic N) is 4. The van der Waals surface area contributed by atoms with Crippen molar-refractivity contribution in [1.82, 2.24) is 14.8 Å². The van der Waals surface area contributed by atoms with Crippen LogP contribution in [0.15, 0.2) is 52.6 Å². The van der Waals surface area contributed by atoms with Gasteiger partial charge in [0.25, 0.3) is 0 Å². The summed E-state index contributed by atoms with van der Waals surface area (Å²) in [5.74, 6) is 1.05. The highest BCUT2D eigenvalue weighted by Crippen LogP contribution is 2.19. The van der Waals surface area contributed by atoms with Crippen LogP contribution in [0.3, 0.4) is 0 Å². The molecular weight excluding hydrogens is 256 g/mol. The van der Waals surface area contributed by atoms with Crippen LogP contribution >= 0.6 is 0 Å². The van der Waals surface area contributed by atoms with Gasteiger partial charge >= 0.3 is 0 Å². The molecule has 0 radical (unpaired) electrons. The molecule has 0 aliphatic heterocycles. The van der Waals surface area contributed by atoms with Gasteiger partial charge in [-0.3, -0.25) is 0 Å². The largest absolute Gasteiger partial charge is 0.453 e. The molecule has 0 bridgehead atoms. The SMILES string of the molecule is CC(C)ON=C(c1cc2ccccc2o1)n1cncn1. The van der Waals surface area contributed by atoms with E-state index in [2.05, 4.69) is 15.2 Å². The highest BCUT2D eigenvalue weighted by Gasteiger charge is 2.14. The molecule has 1 aromatic carbocycles. The van der Waals surface area contributed by atoms with Gasteiger partial charge in [0.2, 0.25) is 5.84 Å². The molecule has 3 aromatic rings. The van der Waals surface area contributed by atoms with E-state index in [0.29, 0.717) is 11.6 Å². The second-order valence-corrected chi connectivity index (χ2v) is 4.56. The first-order valence-electron chi connectivity index (χ1n) is 6.32. The number of aromatic nitrogens is 3. The first-order valence-corrected chi connectivity index (χ1v) is 6.32. The highest BCUT2D eigenvalue weighted by atomic mass is 16.6. The average molecular weight is 270 g/mol. The summed E-state index contributed by atoms with van der Waals surface area (Å²) >= 11 is 0. The van der Waals surface area contributed by atoms with E-state index in [-0.39, 0.29) is 6.10 Å². The van der Waals surface area contributed by atoms with Gasteiger partial charge in [-0.05, 0) is 26.0 Å². The van der Waals surface area contributed by atoms with Gasteiger partial charge < -0.3 is 9.25 Å². The summed E-state index contributed by atoms with van der Waals surface area (Å²) in [6.45, 7) is 3.81. The molecule has 6 heteroatoms. The summed E-state index contributed by atoms with van der Waals surface area (Å²) in [4.78, 5) is 9.24. The number of para-hydroxylation sites is 1. The number of fused-ring (bicyclic) bond motifs is 1. The van der Waals surface area contributed by atoms with E-state index in [0.717, 1.165) is 11.0 Å².